The standard InChI is InChI=1S/C21H18ClN3O/c22-17-7-5-15(6-8-17)13-23-18-9-10-19(24-14-18)21(26)25-12-11-16-3-1-2-4-20(16)25/h1-10,14,23H,11-13H2. The van der Waals surface area contributed by atoms with Gasteiger partial charge in [-0.05, 0) is 47.9 Å². The van der Waals surface area contributed by atoms with Crippen LogP contribution in [0.5, 0.6) is 0 Å². The number of nitrogens with one attached hydrogen (secondary N) is 1. The van der Waals surface area contributed by atoms with Gasteiger partial charge in [0.25, 0.3) is 5.91 Å². The van der Waals surface area contributed by atoms with Crippen molar-refractivity contribution in [3.05, 3.63) is 88.7 Å². The highest BCUT2D eigenvalue weighted by Crippen LogP contribution is 2.28. The zero-order valence-electron chi connectivity index (χ0n) is 14.2. The highest BCUT2D eigenvalue weighted by Gasteiger charge is 2.25. The molecule has 0 fully saturated rings. The lowest BCUT2D eigenvalue weighted by atomic mass is 10.2. The Morgan fingerprint density at radius 3 is 2.65 bits per heavy atom. The zero-order chi connectivity index (χ0) is 17.9. The van der Waals surface area contributed by atoms with Gasteiger partial charge in [-0.1, -0.05) is 41.9 Å². The number of fused-ring (bicyclic) bond motifs is 1. The molecule has 5 heteroatoms. The second-order valence-electron chi connectivity index (χ2n) is 6.25. The summed E-state index contributed by atoms with van der Waals surface area (Å²) in [5, 5.41) is 4.03. The molecule has 0 spiro atoms. The summed E-state index contributed by atoms with van der Waals surface area (Å²) in [6.07, 6.45) is 2.59. The number of pyridine rings is 1. The molecule has 1 aromatic heterocycles. The summed E-state index contributed by atoms with van der Waals surface area (Å²) in [6.45, 7) is 1.38. The summed E-state index contributed by atoms with van der Waals surface area (Å²) in [4.78, 5) is 18.9. The molecule has 1 amide bonds. The van der Waals surface area contributed by atoms with Crippen molar-refractivity contribution in [2.75, 3.05) is 16.8 Å². The number of carbonyl (C=O) groups is 1. The topological polar surface area (TPSA) is 45.2 Å². The predicted molar refractivity (Wildman–Crippen MR) is 105 cm³/mol. The monoisotopic (exact) mass is 363 g/mol. The molecule has 4 nitrogen and oxygen atoms in total. The van der Waals surface area contributed by atoms with Crippen LogP contribution in [0, 0.1) is 0 Å². The summed E-state index contributed by atoms with van der Waals surface area (Å²) >= 11 is 5.89. The molecule has 3 aromatic rings. The van der Waals surface area contributed by atoms with E-state index in [1.54, 1.807) is 17.2 Å². The lowest BCUT2D eigenvalue weighted by Gasteiger charge is -2.17. The molecule has 26 heavy (non-hydrogen) atoms. The van der Waals surface area contributed by atoms with Crippen molar-refractivity contribution in [1.82, 2.24) is 4.98 Å². The average Bonchev–Trinajstić information content (AvgIpc) is 3.11. The molecule has 1 aliphatic heterocycles. The van der Waals surface area contributed by atoms with Crippen LogP contribution < -0.4 is 10.2 Å². The van der Waals surface area contributed by atoms with Gasteiger partial charge in [0.05, 0.1) is 11.9 Å². The van der Waals surface area contributed by atoms with Crippen molar-refractivity contribution in [1.29, 1.82) is 0 Å². The second-order valence-corrected chi connectivity index (χ2v) is 6.68. The molecular weight excluding hydrogens is 346 g/mol. The van der Waals surface area contributed by atoms with E-state index in [2.05, 4.69) is 16.4 Å². The molecular formula is C21H18ClN3O. The number of para-hydroxylation sites is 1. The molecule has 0 atom stereocenters. The number of benzene rings is 2. The molecule has 0 bridgehead atoms. The van der Waals surface area contributed by atoms with E-state index >= 15 is 0 Å². The lowest BCUT2D eigenvalue weighted by molar-refractivity contribution is 0.0984. The number of carbonyl (C=O) groups excluding carboxylic acids is 1. The number of anilines is 2. The van der Waals surface area contributed by atoms with Crippen LogP contribution in [0.3, 0.4) is 0 Å². The predicted octanol–water partition coefficient (Wildman–Crippen LogP) is 4.55. The van der Waals surface area contributed by atoms with E-state index in [4.69, 9.17) is 11.6 Å². The number of nitrogens with zero attached hydrogens (tertiary/aromatic N) is 2. The maximum Gasteiger partial charge on any atom is 0.276 e. The number of hydrogen-bond donors (Lipinski definition) is 1. The maximum atomic E-state index is 12.8. The molecule has 2 heterocycles. The average molecular weight is 364 g/mol. The summed E-state index contributed by atoms with van der Waals surface area (Å²) in [6, 6.07) is 19.4. The Labute approximate surface area is 157 Å². The van der Waals surface area contributed by atoms with Gasteiger partial charge in [0, 0.05) is 23.8 Å². The Hall–Kier alpha value is -2.85. The number of hydrogen-bond acceptors (Lipinski definition) is 3. The first-order chi connectivity index (χ1) is 12.7. The Balaban J connectivity index is 1.43. The van der Waals surface area contributed by atoms with E-state index in [0.29, 0.717) is 18.8 Å². The Kier molecular flexibility index (Phi) is 4.59. The third kappa shape index (κ3) is 3.41. The van der Waals surface area contributed by atoms with Crippen molar-refractivity contribution in [2.45, 2.75) is 13.0 Å². The smallest absolute Gasteiger partial charge is 0.276 e. The third-order valence-corrected chi connectivity index (χ3v) is 4.78. The molecule has 0 saturated carbocycles. The van der Waals surface area contributed by atoms with Gasteiger partial charge in [0.2, 0.25) is 0 Å². The minimum atomic E-state index is -0.0563. The van der Waals surface area contributed by atoms with E-state index < -0.39 is 0 Å². The summed E-state index contributed by atoms with van der Waals surface area (Å²) in [7, 11) is 0. The zero-order valence-corrected chi connectivity index (χ0v) is 14.9. The number of rotatable bonds is 4. The van der Waals surface area contributed by atoms with Gasteiger partial charge in [-0.3, -0.25) is 4.79 Å². The van der Waals surface area contributed by atoms with Crippen molar-refractivity contribution in [3.8, 4) is 0 Å². The van der Waals surface area contributed by atoms with Crippen molar-refractivity contribution in [2.24, 2.45) is 0 Å². The summed E-state index contributed by atoms with van der Waals surface area (Å²) < 4.78 is 0. The largest absolute Gasteiger partial charge is 0.380 e. The van der Waals surface area contributed by atoms with Gasteiger partial charge in [0.15, 0.2) is 0 Å². The lowest BCUT2D eigenvalue weighted by Crippen LogP contribution is -2.29. The first-order valence-corrected chi connectivity index (χ1v) is 8.93. The van der Waals surface area contributed by atoms with E-state index in [-0.39, 0.29) is 5.91 Å². The van der Waals surface area contributed by atoms with Crippen molar-refractivity contribution >= 4 is 28.9 Å². The quantitative estimate of drug-likeness (QED) is 0.739. The maximum absolute atomic E-state index is 12.8. The fourth-order valence-corrected chi connectivity index (χ4v) is 3.24. The minimum absolute atomic E-state index is 0.0563. The number of amides is 1. The van der Waals surface area contributed by atoms with E-state index in [9.17, 15) is 4.79 Å². The molecule has 130 valence electrons. The molecule has 0 aliphatic carbocycles. The normalized spacial score (nSPS) is 12.7. The molecule has 2 aromatic carbocycles. The van der Waals surface area contributed by atoms with E-state index in [1.165, 1.54) is 5.56 Å². The van der Waals surface area contributed by atoms with Gasteiger partial charge in [-0.15, -0.1) is 0 Å². The first kappa shape index (κ1) is 16.6. The summed E-state index contributed by atoms with van der Waals surface area (Å²) in [5.41, 5.74) is 4.66. The van der Waals surface area contributed by atoms with Crippen LogP contribution in [0.25, 0.3) is 0 Å². The van der Waals surface area contributed by atoms with Crippen LogP contribution in [0.2, 0.25) is 5.02 Å². The molecule has 0 radical (unpaired) electrons. The van der Waals surface area contributed by atoms with Gasteiger partial charge in [-0.25, -0.2) is 4.98 Å². The van der Waals surface area contributed by atoms with Gasteiger partial charge < -0.3 is 10.2 Å². The second kappa shape index (κ2) is 7.18. The SMILES string of the molecule is O=C(c1ccc(NCc2ccc(Cl)cc2)cn1)N1CCc2ccccc21. The Morgan fingerprint density at radius 2 is 1.88 bits per heavy atom. The highest BCUT2D eigenvalue weighted by atomic mass is 35.5. The third-order valence-electron chi connectivity index (χ3n) is 4.52. The molecule has 4 rings (SSSR count). The van der Waals surface area contributed by atoms with Gasteiger partial charge in [0.1, 0.15) is 5.69 Å². The Morgan fingerprint density at radius 1 is 1.08 bits per heavy atom. The van der Waals surface area contributed by atoms with Crippen LogP contribution in [0.1, 0.15) is 21.6 Å². The van der Waals surface area contributed by atoms with Gasteiger partial charge in [-0.2, -0.15) is 0 Å². The van der Waals surface area contributed by atoms with Crippen LogP contribution in [-0.4, -0.2) is 17.4 Å². The molecule has 0 saturated heterocycles. The molecule has 1 N–H and O–H groups in total. The van der Waals surface area contributed by atoms with E-state index in [1.807, 2.05) is 48.5 Å². The molecule has 1 aliphatic rings. The molecule has 0 unspecified atom stereocenters. The number of aromatic nitrogens is 1. The number of halogens is 1. The first-order valence-electron chi connectivity index (χ1n) is 8.55. The Bertz CT molecular complexity index is 923. The van der Waals surface area contributed by atoms with Crippen LogP contribution in [0.4, 0.5) is 11.4 Å². The minimum Gasteiger partial charge on any atom is -0.380 e. The van der Waals surface area contributed by atoms with Crippen LogP contribution in [-0.2, 0) is 13.0 Å². The van der Waals surface area contributed by atoms with Crippen LogP contribution in [0.15, 0.2) is 66.9 Å². The fraction of sp³-hybridized carbons (Fsp3) is 0.143. The highest BCUT2D eigenvalue weighted by molar-refractivity contribution is 6.30. The van der Waals surface area contributed by atoms with Crippen LogP contribution >= 0.6 is 11.6 Å². The fourth-order valence-electron chi connectivity index (χ4n) is 3.12. The van der Waals surface area contributed by atoms with Crippen molar-refractivity contribution in [3.63, 3.8) is 0 Å². The summed E-state index contributed by atoms with van der Waals surface area (Å²) in [5.74, 6) is -0.0563. The van der Waals surface area contributed by atoms with Crippen molar-refractivity contribution < 1.29 is 4.79 Å². The van der Waals surface area contributed by atoms with Gasteiger partial charge >= 0.3 is 0 Å². The van der Waals surface area contributed by atoms with E-state index in [0.717, 1.165) is 28.4 Å².